The number of aromatic nitrogens is 3. The molecule has 0 aliphatic rings. The molecular formula is C13H21N5O2S. The van der Waals surface area contributed by atoms with Crippen LogP contribution in [-0.2, 0) is 6.54 Å². The lowest BCUT2D eigenvalue weighted by Crippen LogP contribution is -2.35. The Balaban J connectivity index is 1.94. The molecule has 0 aliphatic heterocycles. The second-order valence-corrected chi connectivity index (χ2v) is 5.80. The summed E-state index contributed by atoms with van der Waals surface area (Å²) in [5.41, 5.74) is 8.28. The molecule has 2 heterocycles. The first-order valence-electron chi connectivity index (χ1n) is 6.72. The van der Waals surface area contributed by atoms with Crippen molar-refractivity contribution in [3.63, 3.8) is 0 Å². The topological polar surface area (TPSA) is 120 Å². The number of aromatic amines is 1. The maximum atomic E-state index is 9.91. The van der Waals surface area contributed by atoms with Gasteiger partial charge in [0.1, 0.15) is 11.8 Å². The normalized spacial score (nSPS) is 14.4. The van der Waals surface area contributed by atoms with Gasteiger partial charge in [-0.15, -0.1) is 0 Å². The van der Waals surface area contributed by atoms with Crippen molar-refractivity contribution in [2.24, 2.45) is 5.92 Å². The largest absolute Gasteiger partial charge is 0.396 e. The average molecular weight is 311 g/mol. The lowest BCUT2D eigenvalue weighted by Gasteiger charge is -2.20. The third kappa shape index (κ3) is 3.85. The first kappa shape index (κ1) is 16.0. The Morgan fingerprint density at radius 1 is 1.48 bits per heavy atom. The Morgan fingerprint density at radius 3 is 3.00 bits per heavy atom. The number of nitrogen functional groups attached to an aromatic ring is 1. The predicted octanol–water partition coefficient (Wildman–Crippen LogP) is -0.0379. The number of rotatable bonds is 8. The first-order valence-corrected chi connectivity index (χ1v) is 8.11. The second kappa shape index (κ2) is 7.60. The minimum Gasteiger partial charge on any atom is -0.396 e. The molecular weight excluding hydrogens is 290 g/mol. The van der Waals surface area contributed by atoms with Crippen LogP contribution in [0.5, 0.6) is 0 Å². The average Bonchev–Trinajstić information content (AvgIpc) is 2.88. The number of H-pyrrole nitrogens is 1. The van der Waals surface area contributed by atoms with Gasteiger partial charge in [0.05, 0.1) is 11.6 Å². The van der Waals surface area contributed by atoms with E-state index in [9.17, 15) is 10.2 Å². The van der Waals surface area contributed by atoms with Gasteiger partial charge >= 0.3 is 0 Å². The summed E-state index contributed by atoms with van der Waals surface area (Å²) in [5, 5.41) is 22.5. The zero-order valence-corrected chi connectivity index (χ0v) is 12.7. The van der Waals surface area contributed by atoms with Gasteiger partial charge in [-0.2, -0.15) is 11.8 Å². The molecule has 0 radical (unpaired) electrons. The molecule has 0 saturated heterocycles. The molecule has 0 saturated carbocycles. The lowest BCUT2D eigenvalue weighted by molar-refractivity contribution is 0.0836. The maximum absolute atomic E-state index is 9.91. The van der Waals surface area contributed by atoms with Crippen LogP contribution in [-0.4, -0.2) is 56.4 Å². The number of nitrogens with zero attached hydrogens (tertiary/aromatic N) is 2. The number of aliphatic hydroxyl groups excluding tert-OH is 2. The highest BCUT2D eigenvalue weighted by molar-refractivity contribution is 7.98. The number of anilines is 1. The number of thioether (sulfide) groups is 1. The van der Waals surface area contributed by atoms with E-state index in [1.165, 1.54) is 6.33 Å². The zero-order valence-electron chi connectivity index (χ0n) is 11.9. The third-order valence-electron chi connectivity index (χ3n) is 3.41. The monoisotopic (exact) mass is 311 g/mol. The summed E-state index contributed by atoms with van der Waals surface area (Å²) in [6.45, 7) is 1.07. The van der Waals surface area contributed by atoms with Gasteiger partial charge in [-0.3, -0.25) is 0 Å². The summed E-state index contributed by atoms with van der Waals surface area (Å²) >= 11 is 1.56. The minimum absolute atomic E-state index is 0.0439. The Hall–Kier alpha value is -1.35. The van der Waals surface area contributed by atoms with Crippen LogP contribution in [0.4, 0.5) is 5.82 Å². The van der Waals surface area contributed by atoms with Crippen molar-refractivity contribution in [3.05, 3.63) is 18.1 Å². The molecule has 6 N–H and O–H groups in total. The van der Waals surface area contributed by atoms with Crippen molar-refractivity contribution in [2.75, 3.05) is 30.9 Å². The molecule has 116 valence electrons. The van der Waals surface area contributed by atoms with Gasteiger partial charge in [-0.1, -0.05) is 0 Å². The molecule has 2 rings (SSSR count). The van der Waals surface area contributed by atoms with Gasteiger partial charge in [-0.25, -0.2) is 9.97 Å². The molecule has 0 spiro atoms. The van der Waals surface area contributed by atoms with Crippen LogP contribution in [0.2, 0.25) is 0 Å². The number of hydrogen-bond donors (Lipinski definition) is 5. The number of hydrogen-bond acceptors (Lipinski definition) is 7. The summed E-state index contributed by atoms with van der Waals surface area (Å²) in [6.07, 6.45) is 4.70. The van der Waals surface area contributed by atoms with Crippen molar-refractivity contribution >= 4 is 28.6 Å². The van der Waals surface area contributed by atoms with Crippen molar-refractivity contribution in [3.8, 4) is 0 Å². The van der Waals surface area contributed by atoms with E-state index in [-0.39, 0.29) is 12.5 Å². The van der Waals surface area contributed by atoms with Gasteiger partial charge in [0.15, 0.2) is 5.82 Å². The van der Waals surface area contributed by atoms with E-state index in [0.717, 1.165) is 16.6 Å². The van der Waals surface area contributed by atoms with Crippen LogP contribution in [0, 0.1) is 5.92 Å². The van der Waals surface area contributed by atoms with Gasteiger partial charge < -0.3 is 26.2 Å². The summed E-state index contributed by atoms with van der Waals surface area (Å²) in [7, 11) is 0. The lowest BCUT2D eigenvalue weighted by atomic mass is 10.1. The highest BCUT2D eigenvalue weighted by Gasteiger charge is 2.17. The Labute approximate surface area is 127 Å². The van der Waals surface area contributed by atoms with Gasteiger partial charge in [-0.05, 0) is 6.26 Å². The van der Waals surface area contributed by atoms with Gasteiger partial charge in [0.25, 0.3) is 0 Å². The number of aliphatic hydroxyl groups is 2. The molecule has 0 unspecified atom stereocenters. The van der Waals surface area contributed by atoms with Crippen molar-refractivity contribution in [1.82, 2.24) is 20.3 Å². The zero-order chi connectivity index (χ0) is 15.2. The Kier molecular flexibility index (Phi) is 5.80. The van der Waals surface area contributed by atoms with E-state index in [4.69, 9.17) is 5.73 Å². The molecule has 8 heteroatoms. The van der Waals surface area contributed by atoms with Crippen molar-refractivity contribution in [1.29, 1.82) is 0 Å². The summed E-state index contributed by atoms with van der Waals surface area (Å²) in [5.74, 6) is 0.862. The third-order valence-corrected chi connectivity index (χ3v) is 4.08. The van der Waals surface area contributed by atoms with Crippen LogP contribution < -0.4 is 11.1 Å². The first-order chi connectivity index (χ1) is 10.2. The molecule has 0 amide bonds. The summed E-state index contributed by atoms with van der Waals surface area (Å²) in [4.78, 5) is 11.2. The van der Waals surface area contributed by atoms with E-state index in [0.29, 0.717) is 24.7 Å². The fourth-order valence-electron chi connectivity index (χ4n) is 2.17. The SMILES string of the molecule is CSC[C@H](O)[C@H](CO)CNCc1c[nH]c2c(N)ncnc12. The predicted molar refractivity (Wildman–Crippen MR) is 85.0 cm³/mol. The molecule has 0 aromatic carbocycles. The highest BCUT2D eigenvalue weighted by atomic mass is 32.2. The van der Waals surface area contributed by atoms with Crippen molar-refractivity contribution in [2.45, 2.75) is 12.6 Å². The standard InChI is InChI=1S/C13H21N5O2S/c1-21-6-10(20)9(5-19)3-15-2-8-4-16-12-11(8)17-7-18-13(12)14/h4,7,9-10,15-16,19-20H,2-3,5-6H2,1H3,(H2,14,17,18)/t9-,10-/m0/s1. The van der Waals surface area contributed by atoms with Crippen LogP contribution >= 0.6 is 11.8 Å². The van der Waals surface area contributed by atoms with Crippen LogP contribution in [0.15, 0.2) is 12.5 Å². The van der Waals surface area contributed by atoms with E-state index >= 15 is 0 Å². The Bertz CT molecular complexity index is 577. The highest BCUT2D eigenvalue weighted by Crippen LogP contribution is 2.18. The Morgan fingerprint density at radius 2 is 2.29 bits per heavy atom. The smallest absolute Gasteiger partial charge is 0.151 e. The summed E-state index contributed by atoms with van der Waals surface area (Å²) in [6, 6.07) is 0. The van der Waals surface area contributed by atoms with E-state index in [1.54, 1.807) is 11.8 Å². The van der Waals surface area contributed by atoms with E-state index < -0.39 is 6.10 Å². The molecule has 2 atom stereocenters. The number of nitrogens with one attached hydrogen (secondary N) is 2. The second-order valence-electron chi connectivity index (χ2n) is 4.89. The number of fused-ring (bicyclic) bond motifs is 1. The molecule has 7 nitrogen and oxygen atoms in total. The van der Waals surface area contributed by atoms with Crippen molar-refractivity contribution < 1.29 is 10.2 Å². The summed E-state index contributed by atoms with van der Waals surface area (Å²) < 4.78 is 0. The molecule has 2 aromatic heterocycles. The van der Waals surface area contributed by atoms with Crippen LogP contribution in [0.3, 0.4) is 0 Å². The molecule has 0 aliphatic carbocycles. The fourth-order valence-corrected chi connectivity index (χ4v) is 2.78. The fraction of sp³-hybridized carbons (Fsp3) is 0.538. The molecule has 0 bridgehead atoms. The molecule has 2 aromatic rings. The molecule has 21 heavy (non-hydrogen) atoms. The van der Waals surface area contributed by atoms with Crippen LogP contribution in [0.1, 0.15) is 5.56 Å². The van der Waals surface area contributed by atoms with Gasteiger partial charge in [0, 0.05) is 43.1 Å². The minimum atomic E-state index is -0.515. The van der Waals surface area contributed by atoms with E-state index in [1.807, 2.05) is 12.5 Å². The van der Waals surface area contributed by atoms with E-state index in [2.05, 4.69) is 20.3 Å². The quantitative estimate of drug-likeness (QED) is 0.464. The van der Waals surface area contributed by atoms with Crippen LogP contribution in [0.25, 0.3) is 11.0 Å². The maximum Gasteiger partial charge on any atom is 0.151 e. The molecule has 0 fully saturated rings. The van der Waals surface area contributed by atoms with Gasteiger partial charge in [0.2, 0.25) is 0 Å². The number of nitrogens with two attached hydrogens (primary N) is 1.